The van der Waals surface area contributed by atoms with Crippen LogP contribution >= 0.6 is 7.47 Å². The molecule has 0 spiro atoms. The highest BCUT2D eigenvalue weighted by molar-refractivity contribution is 8.00. The molecular weight excluding hydrogens is 271 g/mol. The van der Waals surface area contributed by atoms with Gasteiger partial charge in [-0.15, -0.1) is 0 Å². The molecule has 1 aromatic carbocycles. The van der Waals surface area contributed by atoms with Gasteiger partial charge in [-0.05, 0) is 31.9 Å². The van der Waals surface area contributed by atoms with Crippen LogP contribution in [0.5, 0.6) is 0 Å². The van der Waals surface area contributed by atoms with Crippen LogP contribution < -0.4 is 5.30 Å². The minimum absolute atomic E-state index is 0.171. The SMILES string of the molecule is CC(O[Si](C)(C)C)P(c1ccccc1)[Si](C)(C)C. The van der Waals surface area contributed by atoms with Crippen LogP contribution in [-0.4, -0.2) is 21.9 Å². The van der Waals surface area contributed by atoms with Crippen LogP contribution in [0.15, 0.2) is 30.3 Å². The van der Waals surface area contributed by atoms with E-state index >= 15 is 0 Å². The van der Waals surface area contributed by atoms with Gasteiger partial charge in [0.05, 0.1) is 13.6 Å². The Morgan fingerprint density at radius 2 is 1.44 bits per heavy atom. The van der Waals surface area contributed by atoms with Crippen molar-refractivity contribution < 1.29 is 4.43 Å². The summed E-state index contributed by atoms with van der Waals surface area (Å²) in [6, 6.07) is 11.0. The van der Waals surface area contributed by atoms with Gasteiger partial charge in [-0.3, -0.25) is 0 Å². The second kappa shape index (κ2) is 6.00. The van der Waals surface area contributed by atoms with Gasteiger partial charge in [-0.25, -0.2) is 0 Å². The summed E-state index contributed by atoms with van der Waals surface area (Å²) in [4.78, 5) is 0. The van der Waals surface area contributed by atoms with E-state index in [9.17, 15) is 0 Å². The molecule has 0 aliphatic carbocycles. The molecule has 102 valence electrons. The predicted octanol–water partition coefficient (Wildman–Crippen LogP) is 4.83. The smallest absolute Gasteiger partial charge is 0.184 e. The Balaban J connectivity index is 3.01. The number of benzene rings is 1. The summed E-state index contributed by atoms with van der Waals surface area (Å²) in [5, 5.41) is 1.51. The minimum Gasteiger partial charge on any atom is -0.411 e. The molecule has 0 bridgehead atoms. The van der Waals surface area contributed by atoms with Gasteiger partial charge in [-0.1, -0.05) is 57.4 Å². The highest BCUT2D eigenvalue weighted by Crippen LogP contribution is 2.50. The van der Waals surface area contributed by atoms with E-state index in [4.69, 9.17) is 4.43 Å². The summed E-state index contributed by atoms with van der Waals surface area (Å²) in [5.41, 5.74) is 0. The van der Waals surface area contributed by atoms with Crippen LogP contribution in [0.1, 0.15) is 6.92 Å². The molecule has 0 amide bonds. The largest absolute Gasteiger partial charge is 0.411 e. The average molecular weight is 299 g/mol. The van der Waals surface area contributed by atoms with Gasteiger partial charge in [0, 0.05) is 0 Å². The van der Waals surface area contributed by atoms with Crippen LogP contribution in [0, 0.1) is 0 Å². The highest BCUT2D eigenvalue weighted by Gasteiger charge is 2.34. The Labute approximate surface area is 116 Å². The Bertz CT molecular complexity index is 368. The van der Waals surface area contributed by atoms with Crippen LogP contribution in [-0.2, 0) is 4.43 Å². The van der Waals surface area contributed by atoms with Crippen molar-refractivity contribution in [3.05, 3.63) is 30.3 Å². The van der Waals surface area contributed by atoms with Gasteiger partial charge in [-0.2, -0.15) is 0 Å². The number of hydrogen-bond donors (Lipinski definition) is 0. The van der Waals surface area contributed by atoms with Gasteiger partial charge in [0.1, 0.15) is 0 Å². The molecule has 1 aromatic rings. The van der Waals surface area contributed by atoms with Gasteiger partial charge in [0.15, 0.2) is 8.32 Å². The van der Waals surface area contributed by atoms with E-state index in [1.54, 1.807) is 0 Å². The van der Waals surface area contributed by atoms with Crippen molar-refractivity contribution in [1.82, 2.24) is 0 Å². The lowest BCUT2D eigenvalue weighted by Crippen LogP contribution is -2.37. The summed E-state index contributed by atoms with van der Waals surface area (Å²) < 4.78 is 6.38. The third-order valence-electron chi connectivity index (χ3n) is 2.64. The van der Waals surface area contributed by atoms with Crippen molar-refractivity contribution in [3.8, 4) is 0 Å². The second-order valence-electron chi connectivity index (χ2n) is 6.71. The maximum atomic E-state index is 6.38. The summed E-state index contributed by atoms with van der Waals surface area (Å²) in [6.45, 7) is 16.5. The third-order valence-corrected chi connectivity index (χ3v) is 13.2. The molecule has 1 nitrogen and oxygen atoms in total. The molecular formula is C14H27OPSi2. The fourth-order valence-electron chi connectivity index (χ4n) is 2.30. The Morgan fingerprint density at radius 3 is 1.83 bits per heavy atom. The maximum absolute atomic E-state index is 6.38. The van der Waals surface area contributed by atoms with Gasteiger partial charge in [0.25, 0.3) is 0 Å². The van der Waals surface area contributed by atoms with Crippen LogP contribution in [0.4, 0.5) is 0 Å². The fourth-order valence-corrected chi connectivity index (χ4v) is 14.0. The topological polar surface area (TPSA) is 9.23 Å². The average Bonchev–Trinajstić information content (AvgIpc) is 2.13. The van der Waals surface area contributed by atoms with Crippen molar-refractivity contribution in [2.75, 3.05) is 0 Å². The Morgan fingerprint density at radius 1 is 0.944 bits per heavy atom. The standard InChI is InChI=1S/C14H27OPSi2/c1-13(15-17(2,3)4)16(18(5,6)7)14-11-9-8-10-12-14/h8-13H,1-7H3. The molecule has 1 rings (SSSR count). The van der Waals surface area contributed by atoms with Crippen molar-refractivity contribution in [1.29, 1.82) is 0 Å². The van der Waals surface area contributed by atoms with E-state index in [2.05, 4.69) is 76.5 Å². The summed E-state index contributed by atoms with van der Waals surface area (Å²) in [6.07, 6.45) is 0. The zero-order valence-electron chi connectivity index (χ0n) is 12.8. The number of hydrogen-bond acceptors (Lipinski definition) is 1. The molecule has 0 saturated heterocycles. The van der Waals surface area contributed by atoms with E-state index in [1.807, 2.05) is 0 Å². The molecule has 2 unspecified atom stereocenters. The van der Waals surface area contributed by atoms with Crippen molar-refractivity contribution in [2.24, 2.45) is 0 Å². The normalized spacial score (nSPS) is 16.4. The molecule has 0 fully saturated rings. The van der Waals surface area contributed by atoms with Crippen molar-refractivity contribution in [3.63, 3.8) is 0 Å². The van der Waals surface area contributed by atoms with E-state index in [0.717, 1.165) is 0 Å². The first-order valence-corrected chi connectivity index (χ1v) is 15.8. The second-order valence-corrected chi connectivity index (χ2v) is 23.0. The molecule has 18 heavy (non-hydrogen) atoms. The maximum Gasteiger partial charge on any atom is 0.184 e. The summed E-state index contributed by atoms with van der Waals surface area (Å²) >= 11 is 0. The molecule has 0 aliphatic rings. The first-order valence-electron chi connectivity index (χ1n) is 6.63. The summed E-state index contributed by atoms with van der Waals surface area (Å²) in [7, 11) is -2.86. The zero-order valence-corrected chi connectivity index (χ0v) is 15.7. The third kappa shape index (κ3) is 4.96. The first kappa shape index (κ1) is 16.1. The lowest BCUT2D eigenvalue weighted by molar-refractivity contribution is 0.298. The molecule has 0 N–H and O–H groups in total. The molecule has 0 heterocycles. The quantitative estimate of drug-likeness (QED) is 0.559. The van der Waals surface area contributed by atoms with E-state index in [1.165, 1.54) is 5.30 Å². The molecule has 0 aromatic heterocycles. The zero-order chi connectivity index (χ0) is 14.0. The van der Waals surface area contributed by atoms with E-state index in [0.29, 0.717) is 5.85 Å². The number of rotatable bonds is 5. The van der Waals surface area contributed by atoms with E-state index in [-0.39, 0.29) is 7.47 Å². The predicted molar refractivity (Wildman–Crippen MR) is 90.2 cm³/mol. The lowest BCUT2D eigenvalue weighted by atomic mass is 10.4. The minimum atomic E-state index is -1.46. The van der Waals surface area contributed by atoms with Gasteiger partial charge >= 0.3 is 0 Å². The molecule has 2 atom stereocenters. The Hall–Kier alpha value is 0.0438. The van der Waals surface area contributed by atoms with Crippen LogP contribution in [0.3, 0.4) is 0 Å². The van der Waals surface area contributed by atoms with E-state index < -0.39 is 16.1 Å². The van der Waals surface area contributed by atoms with Crippen molar-refractivity contribution in [2.45, 2.75) is 52.1 Å². The molecule has 4 heteroatoms. The van der Waals surface area contributed by atoms with Gasteiger partial charge in [0.2, 0.25) is 0 Å². The molecule has 0 radical (unpaired) electrons. The molecule has 0 saturated carbocycles. The Kier molecular flexibility index (Phi) is 5.37. The van der Waals surface area contributed by atoms with Crippen molar-refractivity contribution >= 4 is 28.8 Å². The first-order chi connectivity index (χ1) is 8.11. The van der Waals surface area contributed by atoms with Gasteiger partial charge < -0.3 is 4.43 Å². The van der Waals surface area contributed by atoms with Crippen LogP contribution in [0.25, 0.3) is 0 Å². The highest BCUT2D eigenvalue weighted by atomic mass is 31.4. The molecule has 0 aliphatic heterocycles. The fraction of sp³-hybridized carbons (Fsp3) is 0.571. The summed E-state index contributed by atoms with van der Waals surface area (Å²) in [5.74, 6) is 0.390. The van der Waals surface area contributed by atoms with Crippen LogP contribution in [0.2, 0.25) is 39.3 Å². The lowest BCUT2D eigenvalue weighted by Gasteiger charge is -2.38. The monoisotopic (exact) mass is 298 g/mol.